The smallest absolute Gasteiger partial charge is 0.312 e. The molecular weight excluding hydrogens is 284 g/mol. The number of rotatable bonds is 2. The van der Waals surface area contributed by atoms with Crippen molar-refractivity contribution in [2.24, 2.45) is 4.99 Å². The second-order valence-corrected chi connectivity index (χ2v) is 4.80. The minimum absolute atomic E-state index is 0.0290. The Morgan fingerprint density at radius 3 is 2.60 bits per heavy atom. The second-order valence-electron chi connectivity index (χ2n) is 3.72. The molecule has 1 aliphatic rings. The van der Waals surface area contributed by atoms with E-state index >= 15 is 0 Å². The molecule has 20 heavy (non-hydrogen) atoms. The number of benzene rings is 1. The van der Waals surface area contributed by atoms with Crippen LogP contribution >= 0.6 is 11.8 Å². The first-order valence-corrected chi connectivity index (χ1v) is 6.59. The van der Waals surface area contributed by atoms with Gasteiger partial charge in [-0.15, -0.1) is 0 Å². The molecule has 1 aromatic rings. The Hall–Kier alpha value is -2.42. The molecule has 2 N–H and O–H groups in total. The van der Waals surface area contributed by atoms with Gasteiger partial charge in [-0.1, -0.05) is 23.9 Å². The first-order chi connectivity index (χ1) is 9.58. The van der Waals surface area contributed by atoms with Crippen molar-refractivity contribution >= 4 is 40.1 Å². The molecule has 0 saturated carbocycles. The Morgan fingerprint density at radius 1 is 1.25 bits per heavy atom. The molecule has 0 spiro atoms. The number of nitrogens with one attached hydrogen (secondary N) is 2. The summed E-state index contributed by atoms with van der Waals surface area (Å²) >= 11 is 1.33. The molecule has 1 aromatic carbocycles. The van der Waals surface area contributed by atoms with Crippen molar-refractivity contribution in [3.63, 3.8) is 0 Å². The van der Waals surface area contributed by atoms with Crippen molar-refractivity contribution in [3.8, 4) is 0 Å². The van der Waals surface area contributed by atoms with Gasteiger partial charge in [0.15, 0.2) is 5.17 Å². The van der Waals surface area contributed by atoms with E-state index in [4.69, 9.17) is 0 Å². The van der Waals surface area contributed by atoms with E-state index in [0.717, 1.165) is 5.75 Å². The molecule has 104 valence electrons. The number of nitro benzene ring substituents is 1. The van der Waals surface area contributed by atoms with Gasteiger partial charge in [0.05, 0.1) is 11.5 Å². The predicted octanol–water partition coefficient (Wildman–Crippen LogP) is 0.752. The summed E-state index contributed by atoms with van der Waals surface area (Å²) in [5, 5.41) is 15.7. The first-order valence-electron chi connectivity index (χ1n) is 5.61. The fourth-order valence-corrected chi connectivity index (χ4v) is 2.21. The van der Waals surface area contributed by atoms with Crippen molar-refractivity contribution in [1.82, 2.24) is 5.32 Å². The van der Waals surface area contributed by atoms with Gasteiger partial charge >= 0.3 is 11.8 Å². The number of amidine groups is 1. The van der Waals surface area contributed by atoms with Crippen molar-refractivity contribution < 1.29 is 14.5 Å². The number of anilines is 1. The molecule has 2 rings (SSSR count). The molecule has 0 atom stereocenters. The summed E-state index contributed by atoms with van der Waals surface area (Å²) in [6, 6.07) is 5.59. The van der Waals surface area contributed by atoms with Crippen molar-refractivity contribution in [2.45, 2.75) is 0 Å². The summed E-state index contributed by atoms with van der Waals surface area (Å²) in [7, 11) is 0. The highest BCUT2D eigenvalue weighted by molar-refractivity contribution is 8.14. The summed E-state index contributed by atoms with van der Waals surface area (Å²) in [6.07, 6.45) is 0. The molecular formula is C11H10N4O4S. The second kappa shape index (κ2) is 6.15. The Morgan fingerprint density at radius 2 is 1.95 bits per heavy atom. The summed E-state index contributed by atoms with van der Waals surface area (Å²) < 4.78 is 0. The van der Waals surface area contributed by atoms with Crippen LogP contribution in [0.2, 0.25) is 0 Å². The number of para-hydroxylation sites is 2. The molecule has 0 fully saturated rings. The van der Waals surface area contributed by atoms with Crippen molar-refractivity contribution in [1.29, 1.82) is 0 Å². The van der Waals surface area contributed by atoms with Crippen LogP contribution in [-0.4, -0.2) is 34.2 Å². The summed E-state index contributed by atoms with van der Waals surface area (Å²) in [6.45, 7) is 0.589. The summed E-state index contributed by atoms with van der Waals surface area (Å²) in [4.78, 5) is 37.4. The molecule has 0 radical (unpaired) electrons. The number of thioether (sulfide) groups is 1. The Kier molecular flexibility index (Phi) is 4.31. The van der Waals surface area contributed by atoms with E-state index in [0.29, 0.717) is 11.7 Å². The van der Waals surface area contributed by atoms with Crippen LogP contribution in [0.15, 0.2) is 29.3 Å². The van der Waals surface area contributed by atoms with E-state index in [1.54, 1.807) is 0 Å². The van der Waals surface area contributed by atoms with Gasteiger partial charge in [0.25, 0.3) is 5.69 Å². The molecule has 1 heterocycles. The van der Waals surface area contributed by atoms with E-state index in [2.05, 4.69) is 15.6 Å². The van der Waals surface area contributed by atoms with Gasteiger partial charge in [0.1, 0.15) is 5.69 Å². The lowest BCUT2D eigenvalue weighted by Gasteiger charge is -2.06. The van der Waals surface area contributed by atoms with Gasteiger partial charge in [-0.05, 0) is 6.07 Å². The third-order valence-corrected chi connectivity index (χ3v) is 3.25. The number of nitrogens with zero attached hydrogens (tertiary/aromatic N) is 2. The van der Waals surface area contributed by atoms with Crippen LogP contribution in [-0.2, 0) is 9.59 Å². The minimum Gasteiger partial charge on any atom is -0.312 e. The fourth-order valence-electron chi connectivity index (χ4n) is 1.48. The van der Waals surface area contributed by atoms with Crippen molar-refractivity contribution in [3.05, 3.63) is 34.4 Å². The third kappa shape index (κ3) is 3.32. The Balaban J connectivity index is 2.04. The predicted molar refractivity (Wildman–Crippen MR) is 74.6 cm³/mol. The zero-order valence-electron chi connectivity index (χ0n) is 10.2. The monoisotopic (exact) mass is 294 g/mol. The molecule has 1 aliphatic heterocycles. The number of carbonyl (C=O) groups is 2. The average molecular weight is 294 g/mol. The highest BCUT2D eigenvalue weighted by Gasteiger charge is 2.21. The topological polar surface area (TPSA) is 114 Å². The number of hydrogen-bond donors (Lipinski definition) is 2. The Bertz CT molecular complexity index is 602. The molecule has 0 bridgehead atoms. The first kappa shape index (κ1) is 14.0. The Labute approximate surface area is 117 Å². The van der Waals surface area contributed by atoms with Crippen LogP contribution < -0.4 is 10.6 Å². The lowest BCUT2D eigenvalue weighted by Crippen LogP contribution is -2.37. The standard InChI is InChI=1S/C11H10N4O4S/c16-9(10(17)14-11-12-5-6-20-11)13-7-3-1-2-4-8(7)15(18)19/h1-4H,5-6H2,(H,13,16)(H,12,14,17). The average Bonchev–Trinajstić information content (AvgIpc) is 2.91. The number of nitro groups is 1. The van der Waals surface area contributed by atoms with Gasteiger partial charge in [-0.25, -0.2) is 0 Å². The zero-order chi connectivity index (χ0) is 14.5. The lowest BCUT2D eigenvalue weighted by molar-refractivity contribution is -0.383. The maximum atomic E-state index is 11.7. The van der Waals surface area contributed by atoms with E-state index in [9.17, 15) is 19.7 Å². The zero-order valence-corrected chi connectivity index (χ0v) is 11.0. The van der Waals surface area contributed by atoms with Crippen molar-refractivity contribution in [2.75, 3.05) is 17.6 Å². The SMILES string of the molecule is O=C(NC1=NCCS1)C(=O)Nc1ccccc1[N+](=O)[O-]. The molecule has 2 amide bonds. The molecule has 0 unspecified atom stereocenters. The van der Waals surface area contributed by atoms with Crippen LogP contribution in [0.4, 0.5) is 11.4 Å². The van der Waals surface area contributed by atoms with Gasteiger partial charge in [-0.2, -0.15) is 0 Å². The van der Waals surface area contributed by atoms with E-state index in [1.165, 1.54) is 36.0 Å². The maximum absolute atomic E-state index is 11.7. The molecule has 8 nitrogen and oxygen atoms in total. The lowest BCUT2D eigenvalue weighted by atomic mass is 10.2. The van der Waals surface area contributed by atoms with Crippen LogP contribution in [0.3, 0.4) is 0 Å². The number of carbonyl (C=O) groups excluding carboxylic acids is 2. The fraction of sp³-hybridized carbons (Fsp3) is 0.182. The van der Waals surface area contributed by atoms with Crippen LogP contribution in [0.1, 0.15) is 0 Å². The quantitative estimate of drug-likeness (QED) is 0.474. The highest BCUT2D eigenvalue weighted by Crippen LogP contribution is 2.22. The molecule has 0 aromatic heterocycles. The highest BCUT2D eigenvalue weighted by atomic mass is 32.2. The van der Waals surface area contributed by atoms with Gasteiger partial charge < -0.3 is 5.32 Å². The van der Waals surface area contributed by atoms with Gasteiger partial charge in [-0.3, -0.25) is 30.0 Å². The number of aliphatic imine (C=N–C) groups is 1. The van der Waals surface area contributed by atoms with E-state index in [1.807, 2.05) is 0 Å². The summed E-state index contributed by atoms with van der Waals surface area (Å²) in [5.41, 5.74) is -0.306. The van der Waals surface area contributed by atoms with Crippen LogP contribution in [0.5, 0.6) is 0 Å². The number of amides is 2. The van der Waals surface area contributed by atoms with Crippen LogP contribution in [0, 0.1) is 10.1 Å². The van der Waals surface area contributed by atoms with Gasteiger partial charge in [0, 0.05) is 11.8 Å². The largest absolute Gasteiger partial charge is 0.315 e. The van der Waals surface area contributed by atoms with Crippen LogP contribution in [0.25, 0.3) is 0 Å². The normalized spacial score (nSPS) is 13.5. The maximum Gasteiger partial charge on any atom is 0.315 e. The molecule has 0 aliphatic carbocycles. The summed E-state index contributed by atoms with van der Waals surface area (Å²) in [5.74, 6) is -1.13. The van der Waals surface area contributed by atoms with E-state index < -0.39 is 16.7 Å². The molecule has 0 saturated heterocycles. The van der Waals surface area contributed by atoms with Gasteiger partial charge in [0.2, 0.25) is 0 Å². The third-order valence-electron chi connectivity index (χ3n) is 2.36. The minimum atomic E-state index is -0.977. The number of hydrogen-bond acceptors (Lipinski definition) is 6. The van der Waals surface area contributed by atoms with E-state index in [-0.39, 0.29) is 11.4 Å². The molecule has 9 heteroatoms.